The molecule has 0 heterocycles. The SMILES string of the molecule is CC(=O)OC(C)OC12CC(C)CC(CC(C)C1)C2. The highest BCUT2D eigenvalue weighted by Crippen LogP contribution is 2.49. The first kappa shape index (κ1) is 13.9. The van der Waals surface area contributed by atoms with Crippen molar-refractivity contribution in [2.75, 3.05) is 0 Å². The Morgan fingerprint density at radius 2 is 1.72 bits per heavy atom. The molecule has 2 saturated carbocycles. The van der Waals surface area contributed by atoms with Crippen LogP contribution in [-0.2, 0) is 14.3 Å². The lowest BCUT2D eigenvalue weighted by atomic mass is 9.63. The van der Waals surface area contributed by atoms with Gasteiger partial charge in [-0.15, -0.1) is 0 Å². The number of fused-ring (bicyclic) bond motifs is 2. The molecule has 3 heteroatoms. The van der Waals surface area contributed by atoms with Gasteiger partial charge in [-0.2, -0.15) is 0 Å². The van der Waals surface area contributed by atoms with E-state index in [0.717, 1.165) is 37.0 Å². The molecule has 2 rings (SSSR count). The van der Waals surface area contributed by atoms with Gasteiger partial charge in [0.05, 0.1) is 5.60 Å². The molecule has 2 fully saturated rings. The Morgan fingerprint density at radius 3 is 2.22 bits per heavy atom. The molecule has 2 bridgehead atoms. The van der Waals surface area contributed by atoms with Gasteiger partial charge in [-0.05, 0) is 56.8 Å². The van der Waals surface area contributed by atoms with Crippen molar-refractivity contribution in [2.45, 2.75) is 71.7 Å². The molecule has 0 saturated heterocycles. The van der Waals surface area contributed by atoms with Gasteiger partial charge in [-0.1, -0.05) is 13.8 Å². The zero-order valence-electron chi connectivity index (χ0n) is 12.1. The fourth-order valence-electron chi connectivity index (χ4n) is 4.37. The molecule has 0 aromatic heterocycles. The first-order chi connectivity index (χ1) is 8.38. The van der Waals surface area contributed by atoms with Crippen molar-refractivity contribution in [3.63, 3.8) is 0 Å². The summed E-state index contributed by atoms with van der Waals surface area (Å²) in [5.41, 5.74) is -0.0468. The zero-order chi connectivity index (χ0) is 13.3. The van der Waals surface area contributed by atoms with Gasteiger partial charge < -0.3 is 9.47 Å². The van der Waals surface area contributed by atoms with Crippen molar-refractivity contribution in [1.29, 1.82) is 0 Å². The Hall–Kier alpha value is -0.570. The number of ether oxygens (including phenoxy) is 2. The van der Waals surface area contributed by atoms with Gasteiger partial charge in [-0.3, -0.25) is 4.79 Å². The van der Waals surface area contributed by atoms with Crippen LogP contribution in [0, 0.1) is 17.8 Å². The first-order valence-corrected chi connectivity index (χ1v) is 7.23. The molecule has 3 unspecified atom stereocenters. The maximum absolute atomic E-state index is 11.0. The number of carbonyl (C=O) groups is 1. The number of hydrogen-bond donors (Lipinski definition) is 0. The van der Waals surface area contributed by atoms with Crippen molar-refractivity contribution in [2.24, 2.45) is 17.8 Å². The van der Waals surface area contributed by atoms with Crippen LogP contribution in [0.4, 0.5) is 0 Å². The van der Waals surface area contributed by atoms with E-state index in [1.165, 1.54) is 19.8 Å². The van der Waals surface area contributed by atoms with Crippen LogP contribution in [0.15, 0.2) is 0 Å². The lowest BCUT2D eigenvalue weighted by molar-refractivity contribution is -0.231. The van der Waals surface area contributed by atoms with Gasteiger partial charge in [0, 0.05) is 6.92 Å². The van der Waals surface area contributed by atoms with E-state index in [4.69, 9.17) is 9.47 Å². The quantitative estimate of drug-likeness (QED) is 0.571. The summed E-state index contributed by atoms with van der Waals surface area (Å²) in [6.07, 6.45) is 5.61. The van der Waals surface area contributed by atoms with E-state index in [9.17, 15) is 4.79 Å². The highest BCUT2D eigenvalue weighted by Gasteiger charge is 2.46. The first-order valence-electron chi connectivity index (χ1n) is 7.23. The monoisotopic (exact) mass is 254 g/mol. The van der Waals surface area contributed by atoms with E-state index < -0.39 is 6.29 Å². The Bertz CT molecular complexity index is 293. The fraction of sp³-hybridized carbons (Fsp3) is 0.933. The van der Waals surface area contributed by atoms with Crippen LogP contribution in [-0.4, -0.2) is 17.9 Å². The van der Waals surface area contributed by atoms with E-state index >= 15 is 0 Å². The van der Waals surface area contributed by atoms with E-state index in [1.54, 1.807) is 0 Å². The molecule has 3 nitrogen and oxygen atoms in total. The minimum absolute atomic E-state index is 0.0468. The van der Waals surface area contributed by atoms with Gasteiger partial charge in [0.15, 0.2) is 0 Å². The van der Waals surface area contributed by atoms with Crippen LogP contribution in [0.3, 0.4) is 0 Å². The minimum atomic E-state index is -0.418. The van der Waals surface area contributed by atoms with Crippen molar-refractivity contribution >= 4 is 5.97 Å². The van der Waals surface area contributed by atoms with Gasteiger partial charge in [-0.25, -0.2) is 0 Å². The van der Waals surface area contributed by atoms with Crippen molar-refractivity contribution < 1.29 is 14.3 Å². The van der Waals surface area contributed by atoms with Crippen LogP contribution >= 0.6 is 0 Å². The highest BCUT2D eigenvalue weighted by molar-refractivity contribution is 5.65. The third-order valence-electron chi connectivity index (χ3n) is 4.32. The summed E-state index contributed by atoms with van der Waals surface area (Å²) in [7, 11) is 0. The average molecular weight is 254 g/mol. The van der Waals surface area contributed by atoms with Gasteiger partial charge in [0.2, 0.25) is 6.29 Å². The molecule has 3 atom stereocenters. The molecular formula is C15H26O3. The van der Waals surface area contributed by atoms with Crippen LogP contribution in [0.5, 0.6) is 0 Å². The molecule has 2 aliphatic carbocycles. The van der Waals surface area contributed by atoms with E-state index in [0.29, 0.717) is 0 Å². The molecule has 104 valence electrons. The molecule has 0 aliphatic heterocycles. The molecule has 0 amide bonds. The van der Waals surface area contributed by atoms with Crippen LogP contribution in [0.25, 0.3) is 0 Å². The topological polar surface area (TPSA) is 35.5 Å². The smallest absolute Gasteiger partial charge is 0.304 e. The summed E-state index contributed by atoms with van der Waals surface area (Å²) >= 11 is 0. The van der Waals surface area contributed by atoms with Gasteiger partial charge in [0.1, 0.15) is 0 Å². The van der Waals surface area contributed by atoms with Crippen molar-refractivity contribution in [3.8, 4) is 0 Å². The summed E-state index contributed by atoms with van der Waals surface area (Å²) in [5.74, 6) is 1.98. The maximum Gasteiger partial charge on any atom is 0.304 e. The van der Waals surface area contributed by atoms with E-state index in [-0.39, 0.29) is 11.6 Å². The Morgan fingerprint density at radius 1 is 1.17 bits per heavy atom. The second-order valence-electron chi connectivity index (χ2n) is 6.64. The summed E-state index contributed by atoms with van der Waals surface area (Å²) in [5, 5.41) is 0. The largest absolute Gasteiger partial charge is 0.436 e. The van der Waals surface area contributed by atoms with Crippen molar-refractivity contribution in [3.05, 3.63) is 0 Å². The standard InChI is InChI=1S/C15H26O3/c1-10-5-14-6-11(2)8-15(7-10,9-14)18-13(4)17-12(3)16/h10-11,13-14H,5-9H2,1-4H3. The Balaban J connectivity index is 2.04. The predicted molar refractivity (Wildman–Crippen MR) is 69.9 cm³/mol. The Kier molecular flexibility index (Phi) is 4.00. The maximum atomic E-state index is 11.0. The highest BCUT2D eigenvalue weighted by atomic mass is 16.7. The molecular weight excluding hydrogens is 228 g/mol. The molecule has 0 spiro atoms. The van der Waals surface area contributed by atoms with E-state index in [2.05, 4.69) is 13.8 Å². The number of rotatable bonds is 3. The molecule has 0 aromatic carbocycles. The Labute approximate surface area is 110 Å². The lowest BCUT2D eigenvalue weighted by Gasteiger charge is -2.50. The van der Waals surface area contributed by atoms with Crippen LogP contribution in [0.1, 0.15) is 59.8 Å². The normalized spacial score (nSPS) is 41.2. The average Bonchev–Trinajstić information content (AvgIpc) is 2.10. The lowest BCUT2D eigenvalue weighted by Crippen LogP contribution is -2.48. The minimum Gasteiger partial charge on any atom is -0.436 e. The molecule has 0 aromatic rings. The summed E-state index contributed by atoms with van der Waals surface area (Å²) < 4.78 is 11.3. The van der Waals surface area contributed by atoms with Gasteiger partial charge in [0.25, 0.3) is 0 Å². The number of carbonyl (C=O) groups excluding carboxylic acids is 1. The summed E-state index contributed by atoms with van der Waals surface area (Å²) in [4.78, 5) is 11.0. The van der Waals surface area contributed by atoms with E-state index in [1.807, 2.05) is 6.92 Å². The zero-order valence-corrected chi connectivity index (χ0v) is 12.1. The van der Waals surface area contributed by atoms with Crippen molar-refractivity contribution in [1.82, 2.24) is 0 Å². The summed E-state index contributed by atoms with van der Waals surface area (Å²) in [6.45, 7) is 7.91. The van der Waals surface area contributed by atoms with Gasteiger partial charge >= 0.3 is 5.97 Å². The third-order valence-corrected chi connectivity index (χ3v) is 4.32. The van der Waals surface area contributed by atoms with Crippen LogP contribution < -0.4 is 0 Å². The predicted octanol–water partition coefficient (Wildman–Crippen LogP) is 3.52. The van der Waals surface area contributed by atoms with Crippen LogP contribution in [0.2, 0.25) is 0 Å². The second-order valence-corrected chi connectivity index (χ2v) is 6.64. The molecule has 0 N–H and O–H groups in total. The number of hydrogen-bond acceptors (Lipinski definition) is 3. The third kappa shape index (κ3) is 3.25. The second kappa shape index (κ2) is 5.20. The summed E-state index contributed by atoms with van der Waals surface area (Å²) in [6, 6.07) is 0. The molecule has 18 heavy (non-hydrogen) atoms. The number of esters is 1. The molecule has 0 radical (unpaired) electrons. The fourth-order valence-corrected chi connectivity index (χ4v) is 4.37. The molecule has 2 aliphatic rings.